The zero-order valence-corrected chi connectivity index (χ0v) is 25.2. The molecule has 1 aliphatic carbocycles. The molecule has 5 N–H and O–H groups in total. The highest BCUT2D eigenvalue weighted by Crippen LogP contribution is 2.40. The number of amides is 3. The van der Waals surface area contributed by atoms with Crippen LogP contribution in [0.1, 0.15) is 30.1 Å². The van der Waals surface area contributed by atoms with E-state index in [1.807, 2.05) is 0 Å². The molecule has 0 aliphatic heterocycles. The number of fused-ring (bicyclic) bond motifs is 1. The maximum atomic E-state index is 13.4. The molecule has 14 nitrogen and oxygen atoms in total. The van der Waals surface area contributed by atoms with Crippen LogP contribution < -0.4 is 30.3 Å². The summed E-state index contributed by atoms with van der Waals surface area (Å²) in [4.78, 5) is 41.2. The smallest absolute Gasteiger partial charge is 0.369 e. The number of carboxylic acid groups (broad SMARTS) is 1. The van der Waals surface area contributed by atoms with Gasteiger partial charge in [-0.2, -0.15) is 0 Å². The molecule has 2 unspecified atom stereocenters. The number of anilines is 1. The molecular weight excluding hydrogens is 605 g/mol. The van der Waals surface area contributed by atoms with Gasteiger partial charge in [-0.25, -0.2) is 14.4 Å². The van der Waals surface area contributed by atoms with E-state index in [0.29, 0.717) is 28.1 Å². The molecule has 4 rings (SSSR count). The molecule has 1 fully saturated rings. The van der Waals surface area contributed by atoms with Crippen LogP contribution in [0.3, 0.4) is 0 Å². The molecule has 2 atom stereocenters. The van der Waals surface area contributed by atoms with Crippen LogP contribution in [0.2, 0.25) is 5.02 Å². The molecule has 0 radical (unpaired) electrons. The number of rotatable bonds is 14. The lowest BCUT2D eigenvalue weighted by molar-refractivity contribution is -0.138. The third-order valence-electron chi connectivity index (χ3n) is 6.14. The lowest BCUT2D eigenvalue weighted by Crippen LogP contribution is -2.38. The van der Waals surface area contributed by atoms with Gasteiger partial charge in [-0.3, -0.25) is 24.2 Å². The van der Waals surface area contributed by atoms with Gasteiger partial charge in [0.2, 0.25) is 0 Å². The van der Waals surface area contributed by atoms with E-state index in [0.717, 1.165) is 12.8 Å². The third kappa shape index (κ3) is 8.55. The number of carbonyl (C=O) groups is 3. The van der Waals surface area contributed by atoms with Gasteiger partial charge in [-0.15, -0.1) is 0 Å². The number of hydrogen-bond donors (Lipinski definition) is 5. The monoisotopic (exact) mass is 635 g/mol. The number of carboxylic acids is 1. The zero-order valence-electron chi connectivity index (χ0n) is 23.5. The van der Waals surface area contributed by atoms with E-state index in [1.54, 1.807) is 18.2 Å². The predicted octanol–water partition coefficient (Wildman–Crippen LogP) is 4.54. The Bertz CT molecular complexity index is 1570. The topological polar surface area (TPSA) is 186 Å². The van der Waals surface area contributed by atoms with E-state index >= 15 is 0 Å². The van der Waals surface area contributed by atoms with Crippen molar-refractivity contribution in [2.75, 3.05) is 32.8 Å². The average Bonchev–Trinajstić information content (AvgIpc) is 3.77. The van der Waals surface area contributed by atoms with Gasteiger partial charge in [0, 0.05) is 36.9 Å². The Balaban J connectivity index is 1.60. The second-order valence-corrected chi connectivity index (χ2v) is 11.8. The van der Waals surface area contributed by atoms with Crippen LogP contribution in [-0.4, -0.2) is 67.5 Å². The lowest BCUT2D eigenvalue weighted by Gasteiger charge is -2.23. The highest BCUT2D eigenvalue weighted by Gasteiger charge is 2.32. The molecule has 1 heterocycles. The SMILES string of the molecule is COCCOP(=O)(NC(=O)c1cc2c(Oc3ccc(NC(=O)NC4CC4)c(Cl)c3)ccnc2cc1OC)NC(C)C(=O)O. The van der Waals surface area contributed by atoms with Crippen molar-refractivity contribution in [3.8, 4) is 17.2 Å². The minimum atomic E-state index is -4.23. The van der Waals surface area contributed by atoms with Crippen molar-refractivity contribution in [1.29, 1.82) is 0 Å². The number of halogens is 1. The Morgan fingerprint density at radius 3 is 2.53 bits per heavy atom. The highest BCUT2D eigenvalue weighted by atomic mass is 35.5. The number of ether oxygens (including phenoxy) is 3. The van der Waals surface area contributed by atoms with Crippen LogP contribution in [0, 0.1) is 0 Å². The molecule has 3 aromatic rings. The number of aliphatic carboxylic acids is 1. The quantitative estimate of drug-likeness (QED) is 0.124. The van der Waals surface area contributed by atoms with Crippen LogP contribution in [0.4, 0.5) is 10.5 Å². The zero-order chi connectivity index (χ0) is 31.1. The predicted molar refractivity (Wildman–Crippen MR) is 158 cm³/mol. The fourth-order valence-corrected chi connectivity index (χ4v) is 5.56. The second kappa shape index (κ2) is 14.0. The summed E-state index contributed by atoms with van der Waals surface area (Å²) in [5.74, 6) is -1.42. The highest BCUT2D eigenvalue weighted by molar-refractivity contribution is 7.55. The van der Waals surface area contributed by atoms with Gasteiger partial charge in [0.1, 0.15) is 23.3 Å². The first-order chi connectivity index (χ1) is 20.5. The molecule has 1 aliphatic rings. The molecule has 16 heteroatoms. The number of nitrogens with one attached hydrogen (secondary N) is 4. The summed E-state index contributed by atoms with van der Waals surface area (Å²) in [6, 6.07) is 7.79. The summed E-state index contributed by atoms with van der Waals surface area (Å²) in [6.45, 7) is 1.11. The first-order valence-corrected chi connectivity index (χ1v) is 15.1. The number of hydrogen-bond acceptors (Lipinski definition) is 9. The number of urea groups is 1. The van der Waals surface area contributed by atoms with Crippen LogP contribution in [0.5, 0.6) is 17.2 Å². The van der Waals surface area contributed by atoms with Crippen molar-refractivity contribution in [2.24, 2.45) is 0 Å². The number of carbonyl (C=O) groups excluding carboxylic acids is 2. The van der Waals surface area contributed by atoms with Gasteiger partial charge < -0.3 is 30.0 Å². The Morgan fingerprint density at radius 1 is 1.12 bits per heavy atom. The Hall–Kier alpha value is -3.94. The molecule has 0 bridgehead atoms. The van der Waals surface area contributed by atoms with E-state index in [4.69, 9.17) is 30.3 Å². The van der Waals surface area contributed by atoms with E-state index < -0.39 is 25.6 Å². The normalized spacial score (nSPS) is 14.8. The van der Waals surface area contributed by atoms with Crippen LogP contribution in [0.25, 0.3) is 10.9 Å². The Labute approximate surface area is 251 Å². The van der Waals surface area contributed by atoms with Gasteiger partial charge in [0.25, 0.3) is 5.91 Å². The fraction of sp³-hybridized carbons (Fsp3) is 0.333. The number of pyridine rings is 1. The van der Waals surface area contributed by atoms with Crippen LogP contribution >= 0.6 is 19.3 Å². The van der Waals surface area contributed by atoms with Gasteiger partial charge in [0.05, 0.1) is 42.1 Å². The van der Waals surface area contributed by atoms with Crippen molar-refractivity contribution in [2.45, 2.75) is 31.8 Å². The number of nitrogens with zero attached hydrogens (tertiary/aromatic N) is 1. The number of methoxy groups -OCH3 is 2. The third-order valence-corrected chi connectivity index (χ3v) is 8.22. The van der Waals surface area contributed by atoms with E-state index in [-0.39, 0.29) is 41.6 Å². The van der Waals surface area contributed by atoms with Gasteiger partial charge in [0.15, 0.2) is 0 Å². The molecule has 2 aromatic carbocycles. The lowest BCUT2D eigenvalue weighted by atomic mass is 10.1. The Kier molecular flexibility index (Phi) is 10.4. The van der Waals surface area contributed by atoms with Crippen molar-refractivity contribution < 1.29 is 42.8 Å². The second-order valence-electron chi connectivity index (χ2n) is 9.50. The minimum Gasteiger partial charge on any atom is -0.496 e. The summed E-state index contributed by atoms with van der Waals surface area (Å²) in [7, 11) is -1.47. The number of aromatic nitrogens is 1. The van der Waals surface area contributed by atoms with Gasteiger partial charge >= 0.3 is 19.7 Å². The first kappa shape index (κ1) is 32.0. The molecule has 0 saturated heterocycles. The minimum absolute atomic E-state index is 0.0450. The summed E-state index contributed by atoms with van der Waals surface area (Å²) < 4.78 is 35.1. The average molecular weight is 636 g/mol. The molecule has 3 amide bonds. The summed E-state index contributed by atoms with van der Waals surface area (Å²) in [6.07, 6.45) is 3.41. The molecule has 0 spiro atoms. The maximum Gasteiger partial charge on any atom is 0.369 e. The summed E-state index contributed by atoms with van der Waals surface area (Å²) >= 11 is 6.39. The molecular formula is C27H31ClN5O9P. The molecule has 1 saturated carbocycles. The van der Waals surface area contributed by atoms with Crippen molar-refractivity contribution in [3.63, 3.8) is 0 Å². The van der Waals surface area contributed by atoms with E-state index in [1.165, 1.54) is 45.5 Å². The maximum absolute atomic E-state index is 13.4. The van der Waals surface area contributed by atoms with Gasteiger partial charge in [-0.1, -0.05) is 11.6 Å². The number of benzene rings is 2. The standard InChI is InChI=1S/C27H31ClN5O9P/c1-15(26(35)36)32-43(38,41-11-10-39-2)33-25(34)19-13-18-22(14-24(19)40-3)29-9-8-23(18)42-17-6-7-21(20(28)12-17)31-27(37)30-16-4-5-16/h6-9,12-16H,4-5,10-11H2,1-3H3,(H,35,36)(H2,30,31,37)(H2,32,33,34,38). The molecule has 43 heavy (non-hydrogen) atoms. The van der Waals surface area contributed by atoms with Gasteiger partial charge in [-0.05, 0) is 44.0 Å². The molecule has 1 aromatic heterocycles. The van der Waals surface area contributed by atoms with Crippen molar-refractivity contribution in [1.82, 2.24) is 20.5 Å². The van der Waals surface area contributed by atoms with E-state index in [9.17, 15) is 24.1 Å². The van der Waals surface area contributed by atoms with Crippen molar-refractivity contribution in [3.05, 3.63) is 53.2 Å². The van der Waals surface area contributed by atoms with Crippen LogP contribution in [-0.2, 0) is 18.6 Å². The Morgan fingerprint density at radius 2 is 1.88 bits per heavy atom. The largest absolute Gasteiger partial charge is 0.496 e. The van der Waals surface area contributed by atoms with Crippen molar-refractivity contribution >= 4 is 53.8 Å². The first-order valence-electron chi connectivity index (χ1n) is 13.1. The van der Waals surface area contributed by atoms with Crippen LogP contribution in [0.15, 0.2) is 42.6 Å². The molecule has 230 valence electrons. The fourth-order valence-electron chi connectivity index (χ4n) is 3.80. The summed E-state index contributed by atoms with van der Waals surface area (Å²) in [5.41, 5.74) is 0.773. The van der Waals surface area contributed by atoms with E-state index in [2.05, 4.69) is 25.8 Å². The summed E-state index contributed by atoms with van der Waals surface area (Å²) in [5, 5.41) is 20.0.